The van der Waals surface area contributed by atoms with Crippen LogP contribution in [0.5, 0.6) is 0 Å². The van der Waals surface area contributed by atoms with Gasteiger partial charge in [-0.3, -0.25) is 4.79 Å². The number of hydrogen-bond acceptors (Lipinski definition) is 2. The van der Waals surface area contributed by atoms with Crippen molar-refractivity contribution in [1.82, 2.24) is 9.78 Å². The average molecular weight is 319 g/mol. The van der Waals surface area contributed by atoms with E-state index in [0.717, 1.165) is 22.5 Å². The summed E-state index contributed by atoms with van der Waals surface area (Å²) in [5.41, 5.74) is 5.22. The molecule has 0 saturated carbocycles. The molecule has 0 bridgehead atoms. The van der Waals surface area contributed by atoms with Crippen molar-refractivity contribution in [1.29, 1.82) is 0 Å². The van der Waals surface area contributed by atoms with E-state index in [9.17, 15) is 4.79 Å². The summed E-state index contributed by atoms with van der Waals surface area (Å²) >= 11 is 0. The predicted molar refractivity (Wildman–Crippen MR) is 96.4 cm³/mol. The van der Waals surface area contributed by atoms with E-state index >= 15 is 0 Å². The molecule has 122 valence electrons. The molecule has 0 aliphatic carbocycles. The third-order valence-corrected chi connectivity index (χ3v) is 3.95. The molecular formula is C20H21N3O. The van der Waals surface area contributed by atoms with E-state index in [1.54, 1.807) is 0 Å². The number of amides is 1. The average Bonchev–Trinajstić information content (AvgIpc) is 3.05. The van der Waals surface area contributed by atoms with Crippen LogP contribution in [-0.2, 0) is 11.2 Å². The first-order valence-corrected chi connectivity index (χ1v) is 8.08. The number of anilines is 1. The minimum absolute atomic E-state index is 0.0226. The molecule has 24 heavy (non-hydrogen) atoms. The molecule has 1 amide bonds. The van der Waals surface area contributed by atoms with Crippen LogP contribution in [0.25, 0.3) is 5.69 Å². The second-order valence-electron chi connectivity index (χ2n) is 6.00. The molecule has 0 fully saturated rings. The van der Waals surface area contributed by atoms with Crippen molar-refractivity contribution in [3.63, 3.8) is 0 Å². The lowest BCUT2D eigenvalue weighted by atomic mass is 10.1. The van der Waals surface area contributed by atoms with Crippen molar-refractivity contribution in [2.45, 2.75) is 26.7 Å². The van der Waals surface area contributed by atoms with E-state index < -0.39 is 0 Å². The normalized spacial score (nSPS) is 10.6. The van der Waals surface area contributed by atoms with Crippen LogP contribution in [0.4, 0.5) is 5.69 Å². The van der Waals surface area contributed by atoms with Crippen LogP contribution in [0.2, 0.25) is 0 Å². The molecule has 1 aromatic heterocycles. The molecule has 4 heteroatoms. The molecule has 0 unspecified atom stereocenters. The van der Waals surface area contributed by atoms with Crippen molar-refractivity contribution < 1.29 is 4.79 Å². The molecule has 0 saturated heterocycles. The van der Waals surface area contributed by atoms with Gasteiger partial charge in [0.2, 0.25) is 5.91 Å². The minimum atomic E-state index is 0.0226. The van der Waals surface area contributed by atoms with Crippen LogP contribution in [0, 0.1) is 13.8 Å². The summed E-state index contributed by atoms with van der Waals surface area (Å²) in [6.07, 6.45) is 4.90. The lowest BCUT2D eigenvalue weighted by molar-refractivity contribution is -0.116. The Morgan fingerprint density at radius 2 is 1.92 bits per heavy atom. The fraction of sp³-hybridized carbons (Fsp3) is 0.200. The third-order valence-electron chi connectivity index (χ3n) is 3.95. The van der Waals surface area contributed by atoms with Gasteiger partial charge in [0.15, 0.2) is 0 Å². The van der Waals surface area contributed by atoms with Crippen LogP contribution in [0.3, 0.4) is 0 Å². The Morgan fingerprint density at radius 3 is 2.67 bits per heavy atom. The lowest BCUT2D eigenvalue weighted by Gasteiger charge is -2.08. The van der Waals surface area contributed by atoms with E-state index in [-0.39, 0.29) is 5.91 Å². The molecule has 0 atom stereocenters. The number of carbonyl (C=O) groups is 1. The van der Waals surface area contributed by atoms with Crippen molar-refractivity contribution in [3.05, 3.63) is 77.6 Å². The highest BCUT2D eigenvalue weighted by Crippen LogP contribution is 2.16. The van der Waals surface area contributed by atoms with Crippen molar-refractivity contribution >= 4 is 11.6 Å². The van der Waals surface area contributed by atoms with Crippen molar-refractivity contribution in [2.24, 2.45) is 0 Å². The molecule has 0 radical (unpaired) electrons. The summed E-state index contributed by atoms with van der Waals surface area (Å²) in [5, 5.41) is 7.34. The highest BCUT2D eigenvalue weighted by molar-refractivity contribution is 5.91. The SMILES string of the molecule is Cc1ccc(NC(=O)CCc2cnn(-c3ccccc3)c2)c(C)c1. The standard InChI is InChI=1S/C20H21N3O/c1-15-8-10-19(16(2)12-15)22-20(24)11-9-17-13-21-23(14-17)18-6-4-3-5-7-18/h3-8,10,12-14H,9,11H2,1-2H3,(H,22,24). The summed E-state index contributed by atoms with van der Waals surface area (Å²) in [6.45, 7) is 4.05. The van der Waals surface area contributed by atoms with Crippen LogP contribution in [0.1, 0.15) is 23.1 Å². The summed E-state index contributed by atoms with van der Waals surface area (Å²) in [7, 11) is 0. The monoisotopic (exact) mass is 319 g/mol. The molecule has 0 aliphatic rings. The van der Waals surface area contributed by atoms with Crippen molar-refractivity contribution in [3.8, 4) is 5.69 Å². The van der Waals surface area contributed by atoms with Gasteiger partial charge in [0.1, 0.15) is 0 Å². The summed E-state index contributed by atoms with van der Waals surface area (Å²) in [6, 6.07) is 16.0. The maximum atomic E-state index is 12.2. The van der Waals surface area contributed by atoms with Crippen LogP contribution in [0.15, 0.2) is 60.9 Å². The number of aryl methyl sites for hydroxylation is 3. The molecule has 4 nitrogen and oxygen atoms in total. The topological polar surface area (TPSA) is 46.9 Å². The molecule has 1 heterocycles. The third kappa shape index (κ3) is 3.90. The van der Waals surface area contributed by atoms with Gasteiger partial charge in [-0.25, -0.2) is 4.68 Å². The van der Waals surface area contributed by atoms with Gasteiger partial charge in [-0.2, -0.15) is 5.10 Å². The number of carbonyl (C=O) groups excluding carboxylic acids is 1. The molecule has 3 rings (SSSR count). The van der Waals surface area contributed by atoms with Gasteiger partial charge in [-0.05, 0) is 49.6 Å². The summed E-state index contributed by atoms with van der Waals surface area (Å²) in [5.74, 6) is 0.0226. The summed E-state index contributed by atoms with van der Waals surface area (Å²) < 4.78 is 1.83. The van der Waals surface area contributed by atoms with Gasteiger partial charge in [-0.1, -0.05) is 35.9 Å². The first kappa shape index (κ1) is 16.0. The van der Waals surface area contributed by atoms with E-state index in [2.05, 4.69) is 16.5 Å². The first-order chi connectivity index (χ1) is 11.6. The Morgan fingerprint density at radius 1 is 1.12 bits per heavy atom. The van der Waals surface area contributed by atoms with Crippen LogP contribution in [-0.4, -0.2) is 15.7 Å². The summed E-state index contributed by atoms with van der Waals surface area (Å²) in [4.78, 5) is 12.2. The Hall–Kier alpha value is -2.88. The lowest BCUT2D eigenvalue weighted by Crippen LogP contribution is -2.13. The van der Waals surface area contributed by atoms with Gasteiger partial charge in [0, 0.05) is 18.3 Å². The number of rotatable bonds is 5. The molecule has 3 aromatic rings. The number of benzene rings is 2. The molecule has 1 N–H and O–H groups in total. The fourth-order valence-electron chi connectivity index (χ4n) is 2.64. The highest BCUT2D eigenvalue weighted by atomic mass is 16.1. The zero-order chi connectivity index (χ0) is 16.9. The minimum Gasteiger partial charge on any atom is -0.326 e. The largest absolute Gasteiger partial charge is 0.326 e. The van der Waals surface area contributed by atoms with Gasteiger partial charge >= 0.3 is 0 Å². The second kappa shape index (κ2) is 7.13. The quantitative estimate of drug-likeness (QED) is 0.771. The molecular weight excluding hydrogens is 298 g/mol. The number of aromatic nitrogens is 2. The van der Waals surface area contributed by atoms with Crippen LogP contribution >= 0.6 is 0 Å². The van der Waals surface area contributed by atoms with Gasteiger partial charge in [0.05, 0.1) is 11.9 Å². The number of nitrogens with one attached hydrogen (secondary N) is 1. The Kier molecular flexibility index (Phi) is 4.75. The molecule has 0 spiro atoms. The zero-order valence-corrected chi connectivity index (χ0v) is 14.0. The fourth-order valence-corrected chi connectivity index (χ4v) is 2.64. The number of para-hydroxylation sites is 1. The number of nitrogens with zero attached hydrogens (tertiary/aromatic N) is 2. The zero-order valence-electron chi connectivity index (χ0n) is 14.0. The van der Waals surface area contributed by atoms with Crippen molar-refractivity contribution in [2.75, 3.05) is 5.32 Å². The van der Waals surface area contributed by atoms with E-state index in [1.807, 2.05) is 73.4 Å². The highest BCUT2D eigenvalue weighted by Gasteiger charge is 2.07. The van der Waals surface area contributed by atoms with E-state index in [4.69, 9.17) is 0 Å². The van der Waals surface area contributed by atoms with E-state index in [1.165, 1.54) is 5.56 Å². The Balaban J connectivity index is 1.58. The van der Waals surface area contributed by atoms with Gasteiger partial charge in [0.25, 0.3) is 0 Å². The maximum absolute atomic E-state index is 12.2. The number of hydrogen-bond donors (Lipinski definition) is 1. The van der Waals surface area contributed by atoms with E-state index in [0.29, 0.717) is 12.8 Å². The Labute approximate surface area is 142 Å². The maximum Gasteiger partial charge on any atom is 0.224 e. The molecule has 2 aromatic carbocycles. The smallest absolute Gasteiger partial charge is 0.224 e. The second-order valence-corrected chi connectivity index (χ2v) is 6.00. The predicted octanol–water partition coefficient (Wildman–Crippen LogP) is 4.06. The Bertz CT molecular complexity index is 837. The van der Waals surface area contributed by atoms with Gasteiger partial charge in [-0.15, -0.1) is 0 Å². The van der Waals surface area contributed by atoms with Gasteiger partial charge < -0.3 is 5.32 Å². The van der Waals surface area contributed by atoms with Crippen LogP contribution < -0.4 is 5.32 Å². The molecule has 0 aliphatic heterocycles. The first-order valence-electron chi connectivity index (χ1n) is 8.08.